The molecule has 0 atom stereocenters. The van der Waals surface area contributed by atoms with E-state index in [2.05, 4.69) is 26.3 Å². The van der Waals surface area contributed by atoms with Crippen LogP contribution in [0.1, 0.15) is 5.56 Å². The van der Waals surface area contributed by atoms with E-state index in [0.29, 0.717) is 16.7 Å². The molecule has 0 unspecified atom stereocenters. The van der Waals surface area contributed by atoms with Gasteiger partial charge in [-0.25, -0.2) is 9.07 Å². The quantitative estimate of drug-likeness (QED) is 0.945. The van der Waals surface area contributed by atoms with E-state index in [4.69, 9.17) is 0 Å². The Morgan fingerprint density at radius 1 is 1.44 bits per heavy atom. The number of aromatic nitrogens is 2. The van der Waals surface area contributed by atoms with Crippen molar-refractivity contribution in [1.29, 1.82) is 0 Å². The van der Waals surface area contributed by atoms with Crippen molar-refractivity contribution in [3.63, 3.8) is 0 Å². The fourth-order valence-corrected chi connectivity index (χ4v) is 1.98. The molecule has 1 N–H and O–H groups in total. The van der Waals surface area contributed by atoms with Crippen molar-refractivity contribution >= 4 is 21.6 Å². The molecule has 0 saturated heterocycles. The molecule has 2 aromatic rings. The Labute approximate surface area is 112 Å². The Hall–Kier alpha value is -1.69. The maximum atomic E-state index is 12.9. The minimum Gasteiger partial charge on any atom is -0.387 e. The average molecular weight is 312 g/mol. The van der Waals surface area contributed by atoms with Gasteiger partial charge in [0, 0.05) is 17.6 Å². The number of halogens is 2. The van der Waals surface area contributed by atoms with Crippen LogP contribution in [-0.4, -0.2) is 16.8 Å². The molecule has 0 radical (unpaired) electrons. The van der Waals surface area contributed by atoms with Crippen LogP contribution in [0.3, 0.4) is 0 Å². The van der Waals surface area contributed by atoms with E-state index in [-0.39, 0.29) is 11.4 Å². The number of anilines is 1. The van der Waals surface area contributed by atoms with Crippen LogP contribution in [0.15, 0.2) is 39.7 Å². The summed E-state index contributed by atoms with van der Waals surface area (Å²) < 4.78 is 14.9. The summed E-state index contributed by atoms with van der Waals surface area (Å²) in [4.78, 5) is 11.8. The first-order valence-electron chi connectivity index (χ1n) is 5.29. The summed E-state index contributed by atoms with van der Waals surface area (Å²) in [5, 5.41) is 6.88. The van der Waals surface area contributed by atoms with E-state index >= 15 is 0 Å². The Balaban J connectivity index is 2.31. The zero-order valence-electron chi connectivity index (χ0n) is 9.65. The number of nitrogens with zero attached hydrogens (tertiary/aromatic N) is 2. The van der Waals surface area contributed by atoms with Gasteiger partial charge in [-0.05, 0) is 17.7 Å². The number of benzene rings is 1. The summed E-state index contributed by atoms with van der Waals surface area (Å²) in [5.41, 5.74) is 1.25. The van der Waals surface area contributed by atoms with Gasteiger partial charge in [-0.3, -0.25) is 4.79 Å². The van der Waals surface area contributed by atoms with Gasteiger partial charge in [0.15, 0.2) is 0 Å². The fraction of sp³-hybridized carbons (Fsp3) is 0.167. The molecule has 1 heterocycles. The molecule has 6 heteroatoms. The molecule has 94 valence electrons. The first kappa shape index (κ1) is 12.8. The standard InChI is InChI=1S/C12H11BrFN3O/c1-15-10-5-12(18)17(16-6-10)7-8-2-3-9(14)4-11(8)13/h2-6,15H,7H2,1H3. The zero-order chi connectivity index (χ0) is 13.1. The van der Waals surface area contributed by atoms with E-state index in [1.165, 1.54) is 22.9 Å². The molecule has 0 aliphatic rings. The van der Waals surface area contributed by atoms with Crippen molar-refractivity contribution in [2.75, 3.05) is 12.4 Å². The highest BCUT2D eigenvalue weighted by Gasteiger charge is 2.05. The summed E-state index contributed by atoms with van der Waals surface area (Å²) in [6.07, 6.45) is 1.57. The van der Waals surface area contributed by atoms with E-state index in [9.17, 15) is 9.18 Å². The monoisotopic (exact) mass is 311 g/mol. The maximum absolute atomic E-state index is 12.9. The molecule has 1 aromatic carbocycles. The summed E-state index contributed by atoms with van der Waals surface area (Å²) >= 11 is 3.26. The molecule has 18 heavy (non-hydrogen) atoms. The Kier molecular flexibility index (Phi) is 3.76. The van der Waals surface area contributed by atoms with Crippen LogP contribution in [0.2, 0.25) is 0 Å². The molecule has 2 rings (SSSR count). The van der Waals surface area contributed by atoms with Gasteiger partial charge in [-0.2, -0.15) is 5.10 Å². The summed E-state index contributed by atoms with van der Waals surface area (Å²) in [6, 6.07) is 5.80. The molecule has 4 nitrogen and oxygen atoms in total. The van der Waals surface area contributed by atoms with Crippen molar-refractivity contribution in [3.05, 3.63) is 56.7 Å². The van der Waals surface area contributed by atoms with Gasteiger partial charge < -0.3 is 5.32 Å². The van der Waals surface area contributed by atoms with Crippen molar-refractivity contribution in [2.45, 2.75) is 6.54 Å². The highest BCUT2D eigenvalue weighted by molar-refractivity contribution is 9.10. The van der Waals surface area contributed by atoms with Gasteiger partial charge in [-0.15, -0.1) is 0 Å². The minimum atomic E-state index is -0.323. The SMILES string of the molecule is CNc1cnn(Cc2ccc(F)cc2Br)c(=O)c1. The van der Waals surface area contributed by atoms with Gasteiger partial charge in [0.2, 0.25) is 0 Å². The first-order valence-corrected chi connectivity index (χ1v) is 6.08. The van der Waals surface area contributed by atoms with Crippen LogP contribution in [0.5, 0.6) is 0 Å². The first-order chi connectivity index (χ1) is 8.60. The lowest BCUT2D eigenvalue weighted by atomic mass is 10.2. The lowest BCUT2D eigenvalue weighted by molar-refractivity contribution is 0.617. The second-order valence-corrected chi connectivity index (χ2v) is 4.58. The second kappa shape index (κ2) is 5.30. The molecule has 0 aliphatic heterocycles. The highest BCUT2D eigenvalue weighted by atomic mass is 79.9. The van der Waals surface area contributed by atoms with Crippen LogP contribution in [-0.2, 0) is 6.54 Å². The van der Waals surface area contributed by atoms with E-state index in [1.807, 2.05) is 0 Å². The van der Waals surface area contributed by atoms with Crippen molar-refractivity contribution in [1.82, 2.24) is 9.78 Å². The normalized spacial score (nSPS) is 10.4. The molecule has 0 fully saturated rings. The third-order valence-electron chi connectivity index (χ3n) is 2.49. The number of nitrogens with one attached hydrogen (secondary N) is 1. The second-order valence-electron chi connectivity index (χ2n) is 3.73. The Bertz CT molecular complexity index is 627. The Morgan fingerprint density at radius 2 is 2.22 bits per heavy atom. The van der Waals surface area contributed by atoms with Crippen LogP contribution >= 0.6 is 15.9 Å². The van der Waals surface area contributed by atoms with Crippen molar-refractivity contribution in [2.24, 2.45) is 0 Å². The highest BCUT2D eigenvalue weighted by Crippen LogP contribution is 2.18. The van der Waals surface area contributed by atoms with Crippen LogP contribution in [0.25, 0.3) is 0 Å². The maximum Gasteiger partial charge on any atom is 0.269 e. The summed E-state index contributed by atoms with van der Waals surface area (Å²) in [5.74, 6) is -0.323. The zero-order valence-corrected chi connectivity index (χ0v) is 11.2. The molecule has 0 bridgehead atoms. The summed E-state index contributed by atoms with van der Waals surface area (Å²) in [7, 11) is 1.72. The van der Waals surface area contributed by atoms with E-state index in [0.717, 1.165) is 5.56 Å². The smallest absolute Gasteiger partial charge is 0.269 e. The number of hydrogen-bond acceptors (Lipinski definition) is 3. The lowest BCUT2D eigenvalue weighted by Gasteiger charge is -2.07. The molecule has 0 spiro atoms. The van der Waals surface area contributed by atoms with E-state index < -0.39 is 0 Å². The fourth-order valence-electron chi connectivity index (χ4n) is 1.50. The molecule has 0 saturated carbocycles. The van der Waals surface area contributed by atoms with Gasteiger partial charge in [0.25, 0.3) is 5.56 Å². The number of rotatable bonds is 3. The predicted octanol–water partition coefficient (Wildman–Crippen LogP) is 2.23. The third-order valence-corrected chi connectivity index (χ3v) is 3.23. The van der Waals surface area contributed by atoms with Gasteiger partial charge >= 0.3 is 0 Å². The van der Waals surface area contributed by atoms with Crippen LogP contribution in [0.4, 0.5) is 10.1 Å². The number of hydrogen-bond donors (Lipinski definition) is 1. The topological polar surface area (TPSA) is 46.9 Å². The average Bonchev–Trinajstić information content (AvgIpc) is 2.34. The van der Waals surface area contributed by atoms with Gasteiger partial charge in [0.1, 0.15) is 5.82 Å². The molecule has 0 amide bonds. The molecule has 1 aromatic heterocycles. The third kappa shape index (κ3) is 2.76. The molecular weight excluding hydrogens is 301 g/mol. The van der Waals surface area contributed by atoms with Crippen molar-refractivity contribution < 1.29 is 4.39 Å². The minimum absolute atomic E-state index is 0.210. The van der Waals surface area contributed by atoms with Gasteiger partial charge in [-0.1, -0.05) is 22.0 Å². The summed E-state index contributed by atoms with van der Waals surface area (Å²) in [6.45, 7) is 0.295. The van der Waals surface area contributed by atoms with E-state index in [1.54, 1.807) is 19.3 Å². The Morgan fingerprint density at radius 3 is 2.83 bits per heavy atom. The van der Waals surface area contributed by atoms with Crippen LogP contribution < -0.4 is 10.9 Å². The van der Waals surface area contributed by atoms with Gasteiger partial charge in [0.05, 0.1) is 18.4 Å². The van der Waals surface area contributed by atoms with Crippen LogP contribution in [0, 0.1) is 5.82 Å². The van der Waals surface area contributed by atoms with Crippen molar-refractivity contribution in [3.8, 4) is 0 Å². The predicted molar refractivity (Wildman–Crippen MR) is 71.2 cm³/mol. The largest absolute Gasteiger partial charge is 0.387 e. The molecular formula is C12H11BrFN3O. The lowest BCUT2D eigenvalue weighted by Crippen LogP contribution is -2.23. The molecule has 0 aliphatic carbocycles.